The van der Waals surface area contributed by atoms with Gasteiger partial charge in [-0.05, 0) is 36.8 Å². The zero-order valence-electron chi connectivity index (χ0n) is 11.8. The molecule has 0 aliphatic carbocycles. The second-order valence-electron chi connectivity index (χ2n) is 4.48. The molecule has 1 aromatic carbocycles. The average Bonchev–Trinajstić information content (AvgIpc) is 2.51. The summed E-state index contributed by atoms with van der Waals surface area (Å²) in [6.07, 6.45) is 1.66. The summed E-state index contributed by atoms with van der Waals surface area (Å²) in [4.78, 5) is 16.2. The van der Waals surface area contributed by atoms with Crippen LogP contribution in [-0.2, 0) is 6.54 Å². The highest BCUT2D eigenvalue weighted by Crippen LogP contribution is 2.06. The van der Waals surface area contributed by atoms with Crippen molar-refractivity contribution in [2.75, 3.05) is 6.61 Å². The molecular weight excluding hydrogens is 264 g/mol. The third kappa shape index (κ3) is 4.16. The molecule has 2 rings (SSSR count). The molecule has 0 aliphatic rings. The molecule has 1 aromatic heterocycles. The zero-order valence-corrected chi connectivity index (χ0v) is 11.8. The van der Waals surface area contributed by atoms with E-state index in [9.17, 15) is 4.79 Å². The predicted molar refractivity (Wildman–Crippen MR) is 80.6 cm³/mol. The Hall–Kier alpha value is -2.64. The molecule has 0 fully saturated rings. The Morgan fingerprint density at radius 1 is 1.33 bits per heavy atom. The minimum absolute atomic E-state index is 0.146. The van der Waals surface area contributed by atoms with Gasteiger partial charge in [-0.1, -0.05) is 24.0 Å². The fourth-order valence-electron chi connectivity index (χ4n) is 1.90. The van der Waals surface area contributed by atoms with E-state index in [1.54, 1.807) is 25.3 Å². The van der Waals surface area contributed by atoms with E-state index < -0.39 is 0 Å². The number of aryl methyl sites for hydroxylation is 1. The van der Waals surface area contributed by atoms with E-state index in [0.717, 1.165) is 11.1 Å². The van der Waals surface area contributed by atoms with Gasteiger partial charge in [-0.25, -0.2) is 0 Å². The Balaban J connectivity index is 2.03. The van der Waals surface area contributed by atoms with Crippen LogP contribution in [0.4, 0.5) is 0 Å². The van der Waals surface area contributed by atoms with E-state index in [2.05, 4.69) is 22.1 Å². The van der Waals surface area contributed by atoms with Gasteiger partial charge in [0, 0.05) is 24.0 Å². The van der Waals surface area contributed by atoms with Gasteiger partial charge in [0.05, 0.1) is 5.56 Å². The van der Waals surface area contributed by atoms with Crippen molar-refractivity contribution in [1.29, 1.82) is 0 Å². The molecule has 0 spiro atoms. The number of rotatable bonds is 3. The van der Waals surface area contributed by atoms with Crippen LogP contribution in [0.25, 0.3) is 0 Å². The quantitative estimate of drug-likeness (QED) is 0.841. The summed E-state index contributed by atoms with van der Waals surface area (Å²) in [6.45, 7) is 2.06. The van der Waals surface area contributed by atoms with Crippen LogP contribution in [0.15, 0.2) is 42.6 Å². The average molecular weight is 280 g/mol. The van der Waals surface area contributed by atoms with E-state index in [-0.39, 0.29) is 12.5 Å². The third-order valence-corrected chi connectivity index (χ3v) is 2.94. The van der Waals surface area contributed by atoms with Crippen molar-refractivity contribution >= 4 is 5.91 Å². The Morgan fingerprint density at radius 2 is 2.19 bits per heavy atom. The lowest BCUT2D eigenvalue weighted by Crippen LogP contribution is -2.23. The highest BCUT2D eigenvalue weighted by atomic mass is 16.2. The second kappa shape index (κ2) is 7.22. The molecule has 0 aliphatic heterocycles. The minimum Gasteiger partial charge on any atom is -0.384 e. The molecule has 2 aromatic rings. The van der Waals surface area contributed by atoms with Gasteiger partial charge in [0.25, 0.3) is 5.91 Å². The maximum atomic E-state index is 12.1. The first kappa shape index (κ1) is 14.8. The number of nitrogens with one attached hydrogen (secondary N) is 1. The van der Waals surface area contributed by atoms with E-state index >= 15 is 0 Å². The fourth-order valence-corrected chi connectivity index (χ4v) is 1.90. The van der Waals surface area contributed by atoms with Gasteiger partial charge in [-0.2, -0.15) is 0 Å². The molecule has 21 heavy (non-hydrogen) atoms. The van der Waals surface area contributed by atoms with Crippen molar-refractivity contribution in [3.63, 3.8) is 0 Å². The maximum absolute atomic E-state index is 12.1. The number of nitrogens with zero attached hydrogens (tertiary/aromatic N) is 1. The Labute approximate surface area is 123 Å². The smallest absolute Gasteiger partial charge is 0.253 e. The first-order chi connectivity index (χ1) is 10.2. The predicted octanol–water partition coefficient (Wildman–Crippen LogP) is 1.66. The summed E-state index contributed by atoms with van der Waals surface area (Å²) >= 11 is 0. The number of aromatic nitrogens is 1. The van der Waals surface area contributed by atoms with Crippen LogP contribution in [0.3, 0.4) is 0 Å². The van der Waals surface area contributed by atoms with Crippen LogP contribution in [0.2, 0.25) is 0 Å². The van der Waals surface area contributed by atoms with Crippen LogP contribution in [-0.4, -0.2) is 22.6 Å². The summed E-state index contributed by atoms with van der Waals surface area (Å²) in [7, 11) is 0. The van der Waals surface area contributed by atoms with Gasteiger partial charge in [-0.15, -0.1) is 0 Å². The van der Waals surface area contributed by atoms with Gasteiger partial charge in [0.1, 0.15) is 6.61 Å². The number of carbonyl (C=O) groups is 1. The van der Waals surface area contributed by atoms with Crippen LogP contribution in [0.1, 0.15) is 27.2 Å². The van der Waals surface area contributed by atoms with Crippen LogP contribution >= 0.6 is 0 Å². The number of pyridine rings is 1. The molecule has 1 heterocycles. The molecule has 4 heteroatoms. The van der Waals surface area contributed by atoms with Crippen molar-refractivity contribution in [3.8, 4) is 11.8 Å². The van der Waals surface area contributed by atoms with Crippen molar-refractivity contribution < 1.29 is 9.90 Å². The molecule has 0 bridgehead atoms. The lowest BCUT2D eigenvalue weighted by molar-refractivity contribution is 0.0950. The van der Waals surface area contributed by atoms with Crippen LogP contribution in [0, 0.1) is 18.8 Å². The molecule has 106 valence electrons. The van der Waals surface area contributed by atoms with Gasteiger partial charge in [0.2, 0.25) is 0 Å². The standard InChI is InChI=1S/C17H16N2O2/c1-13-16(8-3-9-18-13)17(21)19-12-15-6-2-5-14(11-15)7-4-10-20/h2-3,5-6,8-9,11,20H,10,12H2,1H3,(H,19,21). The second-order valence-corrected chi connectivity index (χ2v) is 4.48. The SMILES string of the molecule is Cc1ncccc1C(=O)NCc1cccc(C#CCO)c1. The largest absolute Gasteiger partial charge is 0.384 e. The molecule has 0 saturated heterocycles. The lowest BCUT2D eigenvalue weighted by Gasteiger charge is -2.07. The number of aliphatic hydroxyl groups excluding tert-OH is 1. The molecular formula is C17H16N2O2. The van der Waals surface area contributed by atoms with Crippen LogP contribution < -0.4 is 5.32 Å². The number of hydrogen-bond donors (Lipinski definition) is 2. The molecule has 4 nitrogen and oxygen atoms in total. The number of amides is 1. The van der Waals surface area contributed by atoms with Crippen molar-refractivity contribution in [3.05, 3.63) is 65.0 Å². The van der Waals surface area contributed by atoms with E-state index in [1.807, 2.05) is 24.3 Å². The van der Waals surface area contributed by atoms with Gasteiger partial charge in [0.15, 0.2) is 0 Å². The number of benzene rings is 1. The first-order valence-corrected chi connectivity index (χ1v) is 6.59. The summed E-state index contributed by atoms with van der Waals surface area (Å²) in [6, 6.07) is 11.0. The van der Waals surface area contributed by atoms with Crippen LogP contribution in [0.5, 0.6) is 0 Å². The number of hydrogen-bond acceptors (Lipinski definition) is 3. The molecule has 0 saturated carbocycles. The number of carbonyl (C=O) groups excluding carboxylic acids is 1. The van der Waals surface area contributed by atoms with E-state index in [4.69, 9.17) is 5.11 Å². The van der Waals surface area contributed by atoms with Gasteiger partial charge in [-0.3, -0.25) is 9.78 Å². The summed E-state index contributed by atoms with van der Waals surface area (Å²) in [5.74, 6) is 5.29. The zero-order chi connectivity index (χ0) is 15.1. The highest BCUT2D eigenvalue weighted by Gasteiger charge is 2.08. The fraction of sp³-hybridized carbons (Fsp3) is 0.176. The Kier molecular flexibility index (Phi) is 5.08. The van der Waals surface area contributed by atoms with E-state index in [1.165, 1.54) is 0 Å². The molecule has 0 radical (unpaired) electrons. The first-order valence-electron chi connectivity index (χ1n) is 6.59. The molecule has 0 unspecified atom stereocenters. The minimum atomic E-state index is -0.165. The normalized spacial score (nSPS) is 9.62. The van der Waals surface area contributed by atoms with Gasteiger partial charge >= 0.3 is 0 Å². The molecule has 2 N–H and O–H groups in total. The van der Waals surface area contributed by atoms with Crippen molar-refractivity contribution in [1.82, 2.24) is 10.3 Å². The Bertz CT molecular complexity index is 699. The number of aliphatic hydroxyl groups is 1. The molecule has 1 amide bonds. The maximum Gasteiger partial charge on any atom is 0.253 e. The summed E-state index contributed by atoms with van der Waals surface area (Å²) < 4.78 is 0. The van der Waals surface area contributed by atoms with Crippen molar-refractivity contribution in [2.24, 2.45) is 0 Å². The highest BCUT2D eigenvalue weighted by molar-refractivity contribution is 5.95. The monoisotopic (exact) mass is 280 g/mol. The van der Waals surface area contributed by atoms with Crippen molar-refractivity contribution in [2.45, 2.75) is 13.5 Å². The summed E-state index contributed by atoms with van der Waals surface area (Å²) in [5.41, 5.74) is 3.05. The summed E-state index contributed by atoms with van der Waals surface area (Å²) in [5, 5.41) is 11.6. The Morgan fingerprint density at radius 3 is 2.95 bits per heavy atom. The molecule has 0 atom stereocenters. The van der Waals surface area contributed by atoms with E-state index in [0.29, 0.717) is 17.8 Å². The third-order valence-electron chi connectivity index (χ3n) is 2.94. The van der Waals surface area contributed by atoms with Gasteiger partial charge < -0.3 is 10.4 Å². The lowest BCUT2D eigenvalue weighted by atomic mass is 10.1. The topological polar surface area (TPSA) is 62.2 Å².